The first-order valence-corrected chi connectivity index (χ1v) is 9.66. The second-order valence-corrected chi connectivity index (χ2v) is 7.06. The lowest BCUT2D eigenvalue weighted by atomic mass is 10.1. The van der Waals surface area contributed by atoms with Gasteiger partial charge in [0, 0.05) is 11.9 Å². The molecular formula is C24H21N3O3. The van der Waals surface area contributed by atoms with Crippen molar-refractivity contribution < 1.29 is 14.1 Å². The molecule has 0 aliphatic heterocycles. The van der Waals surface area contributed by atoms with Crippen molar-refractivity contribution in [1.29, 1.82) is 0 Å². The van der Waals surface area contributed by atoms with Crippen molar-refractivity contribution in [3.8, 4) is 0 Å². The maximum absolute atomic E-state index is 12.7. The maximum Gasteiger partial charge on any atom is 0.253 e. The molecule has 6 nitrogen and oxygen atoms in total. The van der Waals surface area contributed by atoms with E-state index in [1.54, 1.807) is 30.3 Å². The lowest BCUT2D eigenvalue weighted by molar-refractivity contribution is -0.115. The van der Waals surface area contributed by atoms with Crippen molar-refractivity contribution in [3.05, 3.63) is 95.2 Å². The number of amides is 2. The Morgan fingerprint density at radius 3 is 2.50 bits per heavy atom. The van der Waals surface area contributed by atoms with Crippen molar-refractivity contribution in [1.82, 2.24) is 10.5 Å². The van der Waals surface area contributed by atoms with Gasteiger partial charge in [0.2, 0.25) is 5.91 Å². The van der Waals surface area contributed by atoms with Crippen LogP contribution in [0, 0.1) is 6.92 Å². The molecule has 4 rings (SSSR count). The van der Waals surface area contributed by atoms with E-state index in [-0.39, 0.29) is 18.2 Å². The van der Waals surface area contributed by atoms with Gasteiger partial charge in [-0.1, -0.05) is 59.3 Å². The van der Waals surface area contributed by atoms with Crippen LogP contribution in [0.4, 0.5) is 5.69 Å². The molecule has 0 aliphatic carbocycles. The van der Waals surface area contributed by atoms with Crippen molar-refractivity contribution in [2.45, 2.75) is 19.9 Å². The molecule has 0 radical (unpaired) electrons. The summed E-state index contributed by atoms with van der Waals surface area (Å²) >= 11 is 0. The SMILES string of the molecule is Cc1ccc(CNC(=O)c2ccccc2NC(=O)Cc2noc3ccccc23)cc1. The predicted molar refractivity (Wildman–Crippen MR) is 115 cm³/mol. The van der Waals surface area contributed by atoms with E-state index in [9.17, 15) is 9.59 Å². The number of nitrogens with one attached hydrogen (secondary N) is 2. The number of hydrogen-bond donors (Lipinski definition) is 2. The molecule has 2 amide bonds. The van der Waals surface area contributed by atoms with Crippen LogP contribution < -0.4 is 10.6 Å². The van der Waals surface area contributed by atoms with Gasteiger partial charge in [0.15, 0.2) is 5.58 Å². The van der Waals surface area contributed by atoms with Crippen molar-refractivity contribution in [3.63, 3.8) is 0 Å². The Morgan fingerprint density at radius 2 is 1.67 bits per heavy atom. The Kier molecular flexibility index (Phi) is 5.57. The topological polar surface area (TPSA) is 84.2 Å². The molecule has 2 N–H and O–H groups in total. The fourth-order valence-corrected chi connectivity index (χ4v) is 3.19. The number of para-hydroxylation sites is 2. The molecule has 6 heteroatoms. The smallest absolute Gasteiger partial charge is 0.253 e. The van der Waals surface area contributed by atoms with Gasteiger partial charge < -0.3 is 15.2 Å². The summed E-state index contributed by atoms with van der Waals surface area (Å²) in [6.07, 6.45) is 0.0519. The second-order valence-electron chi connectivity index (χ2n) is 7.06. The van der Waals surface area contributed by atoms with E-state index < -0.39 is 0 Å². The van der Waals surface area contributed by atoms with Gasteiger partial charge in [0.1, 0.15) is 5.69 Å². The molecule has 30 heavy (non-hydrogen) atoms. The van der Waals surface area contributed by atoms with Crippen LogP contribution in [0.15, 0.2) is 77.3 Å². The molecule has 0 atom stereocenters. The Morgan fingerprint density at radius 1 is 0.933 bits per heavy atom. The van der Waals surface area contributed by atoms with Crippen LogP contribution in [-0.4, -0.2) is 17.0 Å². The van der Waals surface area contributed by atoms with Crippen LogP contribution in [0.25, 0.3) is 11.0 Å². The molecule has 0 fully saturated rings. The average molecular weight is 399 g/mol. The molecule has 0 spiro atoms. The highest BCUT2D eigenvalue weighted by Gasteiger charge is 2.16. The van der Waals surface area contributed by atoms with Crippen molar-refractivity contribution in [2.24, 2.45) is 0 Å². The second kappa shape index (κ2) is 8.61. The zero-order valence-electron chi connectivity index (χ0n) is 16.5. The van der Waals surface area contributed by atoms with E-state index in [1.807, 2.05) is 49.4 Å². The van der Waals surface area contributed by atoms with Gasteiger partial charge >= 0.3 is 0 Å². The van der Waals surface area contributed by atoms with Crippen molar-refractivity contribution >= 4 is 28.5 Å². The molecule has 1 heterocycles. The number of benzene rings is 3. The van der Waals surface area contributed by atoms with Crippen LogP contribution in [-0.2, 0) is 17.8 Å². The molecule has 0 bridgehead atoms. The summed E-state index contributed by atoms with van der Waals surface area (Å²) in [5.41, 5.74) is 4.23. The number of carbonyl (C=O) groups excluding carboxylic acids is 2. The molecule has 150 valence electrons. The number of fused-ring (bicyclic) bond motifs is 1. The highest BCUT2D eigenvalue weighted by molar-refractivity contribution is 6.04. The number of aryl methyl sites for hydroxylation is 1. The van der Waals surface area contributed by atoms with Crippen LogP contribution in [0.3, 0.4) is 0 Å². The Bertz CT molecular complexity index is 1200. The monoisotopic (exact) mass is 399 g/mol. The molecule has 0 unspecified atom stereocenters. The summed E-state index contributed by atoms with van der Waals surface area (Å²) in [4.78, 5) is 25.3. The molecule has 0 aliphatic rings. The van der Waals surface area contributed by atoms with Crippen LogP contribution in [0.1, 0.15) is 27.2 Å². The molecule has 0 saturated heterocycles. The molecule has 0 saturated carbocycles. The van der Waals surface area contributed by atoms with Crippen molar-refractivity contribution in [2.75, 3.05) is 5.32 Å². The van der Waals surface area contributed by atoms with Gasteiger partial charge in [0.25, 0.3) is 5.91 Å². The lowest BCUT2D eigenvalue weighted by Gasteiger charge is -2.11. The van der Waals surface area contributed by atoms with Crippen LogP contribution in [0.2, 0.25) is 0 Å². The van der Waals surface area contributed by atoms with Gasteiger partial charge in [-0.2, -0.15) is 0 Å². The van der Waals surface area contributed by atoms with Gasteiger partial charge in [-0.3, -0.25) is 9.59 Å². The third-order valence-electron chi connectivity index (χ3n) is 4.80. The highest BCUT2D eigenvalue weighted by atomic mass is 16.5. The quantitative estimate of drug-likeness (QED) is 0.508. The average Bonchev–Trinajstić information content (AvgIpc) is 3.16. The normalized spacial score (nSPS) is 10.7. The number of hydrogen-bond acceptors (Lipinski definition) is 4. The summed E-state index contributed by atoms with van der Waals surface area (Å²) in [6, 6.07) is 22.3. The zero-order chi connectivity index (χ0) is 20.9. The Labute approximate surface area is 173 Å². The van der Waals surface area contributed by atoms with E-state index in [0.717, 1.165) is 16.5 Å². The first-order valence-electron chi connectivity index (χ1n) is 9.66. The van der Waals surface area contributed by atoms with Crippen LogP contribution in [0.5, 0.6) is 0 Å². The summed E-state index contributed by atoms with van der Waals surface area (Å²) in [6.45, 7) is 2.43. The first-order chi connectivity index (χ1) is 14.6. The summed E-state index contributed by atoms with van der Waals surface area (Å²) < 4.78 is 5.25. The lowest BCUT2D eigenvalue weighted by Crippen LogP contribution is -2.25. The van der Waals surface area contributed by atoms with Gasteiger partial charge in [0.05, 0.1) is 17.7 Å². The Balaban J connectivity index is 1.44. The van der Waals surface area contributed by atoms with E-state index in [1.165, 1.54) is 0 Å². The fraction of sp³-hybridized carbons (Fsp3) is 0.125. The van der Waals surface area contributed by atoms with E-state index in [4.69, 9.17) is 4.52 Å². The number of aromatic nitrogens is 1. The molecule has 1 aromatic heterocycles. The van der Waals surface area contributed by atoms with E-state index in [0.29, 0.717) is 29.1 Å². The third-order valence-corrected chi connectivity index (χ3v) is 4.80. The largest absolute Gasteiger partial charge is 0.356 e. The van der Waals surface area contributed by atoms with Crippen LogP contribution >= 0.6 is 0 Å². The van der Waals surface area contributed by atoms with Gasteiger partial charge in [-0.25, -0.2) is 0 Å². The highest BCUT2D eigenvalue weighted by Crippen LogP contribution is 2.20. The van der Waals surface area contributed by atoms with E-state index in [2.05, 4.69) is 15.8 Å². The minimum atomic E-state index is -0.271. The standard InChI is InChI=1S/C24H21N3O3/c1-16-10-12-17(13-11-16)15-25-24(29)19-7-2-4-8-20(19)26-23(28)14-21-18-6-3-5-9-22(18)30-27-21/h2-13H,14-15H2,1H3,(H,25,29)(H,26,28). The first kappa shape index (κ1) is 19.4. The number of carbonyl (C=O) groups is 2. The number of rotatable bonds is 6. The summed E-state index contributed by atoms with van der Waals surface area (Å²) in [5.74, 6) is -0.522. The minimum absolute atomic E-state index is 0.0519. The van der Waals surface area contributed by atoms with E-state index >= 15 is 0 Å². The van der Waals surface area contributed by atoms with Gasteiger partial charge in [-0.15, -0.1) is 0 Å². The summed E-state index contributed by atoms with van der Waals surface area (Å²) in [7, 11) is 0. The summed E-state index contributed by atoms with van der Waals surface area (Å²) in [5, 5.41) is 10.5. The third kappa shape index (κ3) is 4.38. The fourth-order valence-electron chi connectivity index (χ4n) is 3.19. The molecule has 3 aromatic carbocycles. The maximum atomic E-state index is 12.7. The Hall–Kier alpha value is -3.93. The minimum Gasteiger partial charge on any atom is -0.356 e. The zero-order valence-corrected chi connectivity index (χ0v) is 16.5. The molecular weight excluding hydrogens is 378 g/mol. The number of nitrogens with zero attached hydrogens (tertiary/aromatic N) is 1. The van der Waals surface area contributed by atoms with Gasteiger partial charge in [-0.05, 0) is 36.8 Å². The number of anilines is 1. The predicted octanol–water partition coefficient (Wildman–Crippen LogP) is 4.25. The molecule has 4 aromatic rings.